The number of aromatic nitrogens is 5. The van der Waals surface area contributed by atoms with Gasteiger partial charge in [-0.2, -0.15) is 18.3 Å². The van der Waals surface area contributed by atoms with Crippen LogP contribution in [-0.2, 0) is 26.1 Å². The lowest BCUT2D eigenvalue weighted by Gasteiger charge is -2.23. The smallest absolute Gasteiger partial charge is 0.325 e. The van der Waals surface area contributed by atoms with Crippen molar-refractivity contribution in [2.45, 2.75) is 64.5 Å². The predicted molar refractivity (Wildman–Crippen MR) is 81.3 cm³/mol. The average Bonchev–Trinajstić information content (AvgIpc) is 3.09. The van der Waals surface area contributed by atoms with Crippen molar-refractivity contribution in [2.75, 3.05) is 0 Å². The maximum absolute atomic E-state index is 12.5. The van der Waals surface area contributed by atoms with Crippen LogP contribution < -0.4 is 5.32 Å². The van der Waals surface area contributed by atoms with Gasteiger partial charge in [0.1, 0.15) is 18.2 Å². The lowest BCUT2D eigenvalue weighted by molar-refractivity contribution is -0.141. The first kappa shape index (κ1) is 16.9. The molecule has 0 saturated heterocycles. The van der Waals surface area contributed by atoms with Crippen molar-refractivity contribution in [2.24, 2.45) is 0 Å². The van der Waals surface area contributed by atoms with E-state index >= 15 is 0 Å². The van der Waals surface area contributed by atoms with Gasteiger partial charge in [-0.15, -0.1) is 0 Å². The van der Waals surface area contributed by atoms with Gasteiger partial charge in [-0.25, -0.2) is 14.6 Å². The summed E-state index contributed by atoms with van der Waals surface area (Å²) >= 11 is 0. The maximum Gasteiger partial charge on any atom is 0.406 e. The van der Waals surface area contributed by atoms with E-state index in [1.807, 2.05) is 4.68 Å². The number of hydrogen-bond acceptors (Lipinski definition) is 4. The largest absolute Gasteiger partial charge is 0.406 e. The van der Waals surface area contributed by atoms with Crippen LogP contribution in [0.1, 0.15) is 43.7 Å². The van der Waals surface area contributed by atoms with Gasteiger partial charge in [-0.1, -0.05) is 13.8 Å². The molecule has 132 valence electrons. The second-order valence-electron chi connectivity index (χ2n) is 6.43. The van der Waals surface area contributed by atoms with E-state index in [9.17, 15) is 13.2 Å². The van der Waals surface area contributed by atoms with Gasteiger partial charge >= 0.3 is 6.18 Å². The number of nitrogens with zero attached hydrogens (tertiary/aromatic N) is 5. The van der Waals surface area contributed by atoms with Crippen LogP contribution in [-0.4, -0.2) is 36.5 Å². The molecule has 9 heteroatoms. The van der Waals surface area contributed by atoms with Crippen LogP contribution in [0.25, 0.3) is 0 Å². The number of imidazole rings is 1. The van der Waals surface area contributed by atoms with E-state index in [1.165, 1.54) is 12.4 Å². The number of nitrogens with one attached hydrogen (secondary N) is 1. The topological polar surface area (TPSA) is 60.6 Å². The molecule has 24 heavy (non-hydrogen) atoms. The molecule has 1 aliphatic heterocycles. The molecule has 0 amide bonds. The fraction of sp³-hybridized carbons (Fsp3) is 0.667. The summed E-state index contributed by atoms with van der Waals surface area (Å²) in [5, 5.41) is 7.80. The number of aryl methyl sites for hydroxylation is 1. The molecule has 0 aliphatic carbocycles. The zero-order chi connectivity index (χ0) is 17.3. The van der Waals surface area contributed by atoms with Crippen molar-refractivity contribution in [3.63, 3.8) is 0 Å². The number of alkyl halides is 3. The highest BCUT2D eigenvalue weighted by atomic mass is 19.4. The molecular formula is C15H21F3N6. The summed E-state index contributed by atoms with van der Waals surface area (Å²) in [7, 11) is 0. The Morgan fingerprint density at radius 1 is 1.38 bits per heavy atom. The number of fused-ring (bicyclic) bond motifs is 1. The van der Waals surface area contributed by atoms with Gasteiger partial charge in [-0.05, 0) is 6.42 Å². The minimum absolute atomic E-state index is 0.148. The highest BCUT2D eigenvalue weighted by molar-refractivity contribution is 5.01. The lowest BCUT2D eigenvalue weighted by Crippen LogP contribution is -2.38. The van der Waals surface area contributed by atoms with Crippen molar-refractivity contribution in [1.29, 1.82) is 0 Å². The first-order valence-electron chi connectivity index (χ1n) is 8.05. The average molecular weight is 342 g/mol. The molecule has 6 nitrogen and oxygen atoms in total. The van der Waals surface area contributed by atoms with Gasteiger partial charge in [0.05, 0.1) is 13.1 Å². The summed E-state index contributed by atoms with van der Waals surface area (Å²) in [4.78, 5) is 8.55. The van der Waals surface area contributed by atoms with Crippen LogP contribution in [0.5, 0.6) is 0 Å². The van der Waals surface area contributed by atoms with Crippen LogP contribution in [0, 0.1) is 0 Å². The van der Waals surface area contributed by atoms with Crippen LogP contribution >= 0.6 is 0 Å². The van der Waals surface area contributed by atoms with Gasteiger partial charge in [0.15, 0.2) is 5.82 Å². The normalized spacial score (nSPS) is 18.2. The summed E-state index contributed by atoms with van der Waals surface area (Å²) in [6.07, 6.45) is 0.206. The Hall–Kier alpha value is -1.90. The number of hydrogen-bond donors (Lipinski definition) is 1. The molecular weight excluding hydrogens is 321 g/mol. The SMILES string of the molecule is CC(C)c1nc2n(n1)C[C@@H](NCc1nccn1CC(F)(F)F)CC2. The standard InChI is InChI=1S/C15H21F3N6/c1-10(2)14-21-12-4-3-11(8-24(12)22-14)20-7-13-19-5-6-23(13)9-15(16,17)18/h5-6,10-11,20H,3-4,7-9H2,1-2H3/t11-/m0/s1. The molecule has 0 bridgehead atoms. The lowest BCUT2D eigenvalue weighted by atomic mass is 10.1. The molecule has 0 unspecified atom stereocenters. The van der Waals surface area contributed by atoms with Gasteiger partial charge in [0.25, 0.3) is 0 Å². The molecule has 2 aromatic heterocycles. The van der Waals surface area contributed by atoms with Crippen LogP contribution in [0.4, 0.5) is 13.2 Å². The Balaban J connectivity index is 1.59. The molecule has 1 atom stereocenters. The molecule has 0 spiro atoms. The Kier molecular flexibility index (Phi) is 4.62. The third-order valence-electron chi connectivity index (χ3n) is 4.09. The van der Waals surface area contributed by atoms with E-state index < -0.39 is 12.7 Å². The molecule has 3 heterocycles. The van der Waals surface area contributed by atoms with Gasteiger partial charge < -0.3 is 9.88 Å². The monoisotopic (exact) mass is 342 g/mol. The first-order valence-corrected chi connectivity index (χ1v) is 8.05. The van der Waals surface area contributed by atoms with Crippen molar-refractivity contribution in [3.8, 4) is 0 Å². The minimum Gasteiger partial charge on any atom is -0.325 e. The van der Waals surface area contributed by atoms with Crippen molar-refractivity contribution < 1.29 is 13.2 Å². The fourth-order valence-corrected chi connectivity index (χ4v) is 2.82. The summed E-state index contributed by atoms with van der Waals surface area (Å²) in [6.45, 7) is 4.07. The van der Waals surface area contributed by atoms with E-state index in [0.29, 0.717) is 18.9 Å². The third-order valence-corrected chi connectivity index (χ3v) is 4.09. The summed E-state index contributed by atoms with van der Waals surface area (Å²) < 4.78 is 40.7. The highest BCUT2D eigenvalue weighted by Crippen LogP contribution is 2.19. The van der Waals surface area contributed by atoms with E-state index in [4.69, 9.17) is 0 Å². The van der Waals surface area contributed by atoms with Crippen LogP contribution in [0.3, 0.4) is 0 Å². The van der Waals surface area contributed by atoms with E-state index in [2.05, 4.69) is 34.2 Å². The Labute approximate surface area is 138 Å². The minimum atomic E-state index is -4.25. The van der Waals surface area contributed by atoms with Gasteiger partial charge in [0.2, 0.25) is 0 Å². The Morgan fingerprint density at radius 2 is 2.17 bits per heavy atom. The predicted octanol–water partition coefficient (Wildman–Crippen LogP) is 2.26. The Morgan fingerprint density at radius 3 is 2.88 bits per heavy atom. The maximum atomic E-state index is 12.5. The summed E-state index contributed by atoms with van der Waals surface area (Å²) in [5.41, 5.74) is 0. The van der Waals surface area contributed by atoms with Crippen molar-refractivity contribution in [1.82, 2.24) is 29.6 Å². The number of halogens is 3. The zero-order valence-electron chi connectivity index (χ0n) is 13.7. The van der Waals surface area contributed by atoms with E-state index in [-0.39, 0.29) is 12.0 Å². The molecule has 0 radical (unpaired) electrons. The van der Waals surface area contributed by atoms with E-state index in [1.54, 1.807) is 0 Å². The van der Waals surface area contributed by atoms with Gasteiger partial charge in [-0.3, -0.25) is 0 Å². The number of rotatable bonds is 5. The van der Waals surface area contributed by atoms with Crippen LogP contribution in [0.2, 0.25) is 0 Å². The fourth-order valence-electron chi connectivity index (χ4n) is 2.82. The van der Waals surface area contributed by atoms with Gasteiger partial charge in [0, 0.05) is 30.8 Å². The van der Waals surface area contributed by atoms with Crippen molar-refractivity contribution >= 4 is 0 Å². The van der Waals surface area contributed by atoms with Crippen molar-refractivity contribution in [3.05, 3.63) is 29.9 Å². The molecule has 1 N–H and O–H groups in total. The second kappa shape index (κ2) is 6.54. The molecule has 2 aromatic rings. The Bertz CT molecular complexity index is 688. The third kappa shape index (κ3) is 3.95. The molecule has 3 rings (SSSR count). The summed E-state index contributed by atoms with van der Waals surface area (Å²) in [6, 6.07) is 0.148. The zero-order valence-corrected chi connectivity index (χ0v) is 13.7. The molecule has 1 aliphatic rings. The summed E-state index contributed by atoms with van der Waals surface area (Å²) in [5.74, 6) is 2.49. The first-order chi connectivity index (χ1) is 11.3. The highest BCUT2D eigenvalue weighted by Gasteiger charge is 2.29. The molecule has 0 saturated carbocycles. The van der Waals surface area contributed by atoms with E-state index in [0.717, 1.165) is 29.1 Å². The molecule has 0 aromatic carbocycles. The second-order valence-corrected chi connectivity index (χ2v) is 6.43. The van der Waals surface area contributed by atoms with Crippen LogP contribution in [0.15, 0.2) is 12.4 Å². The quantitative estimate of drug-likeness (QED) is 0.905. The molecule has 0 fully saturated rings.